The zero-order valence-electron chi connectivity index (χ0n) is 11.1. The van der Waals surface area contributed by atoms with Gasteiger partial charge in [0.2, 0.25) is 0 Å². The summed E-state index contributed by atoms with van der Waals surface area (Å²) in [5, 5.41) is 11.4. The van der Waals surface area contributed by atoms with Crippen LogP contribution in [0.3, 0.4) is 0 Å². The second-order valence-electron chi connectivity index (χ2n) is 4.01. The van der Waals surface area contributed by atoms with Gasteiger partial charge >= 0.3 is 21.7 Å². The summed E-state index contributed by atoms with van der Waals surface area (Å²) in [7, 11) is 2.16. The van der Waals surface area contributed by atoms with Crippen molar-refractivity contribution in [2.75, 3.05) is 52.9 Å². The summed E-state index contributed by atoms with van der Waals surface area (Å²) < 4.78 is 0. The number of halogens is 3. The molecule has 1 aliphatic rings. The number of nitrogens with one attached hydrogen (secondary N) is 2. The molecule has 8 heteroatoms. The van der Waals surface area contributed by atoms with Crippen LogP contribution in [0.5, 0.6) is 0 Å². The van der Waals surface area contributed by atoms with E-state index in [1.54, 1.807) is 0 Å². The van der Waals surface area contributed by atoms with Crippen molar-refractivity contribution in [1.82, 2.24) is 15.5 Å². The predicted octanol–water partition coefficient (Wildman–Crippen LogP) is -9.12. The fourth-order valence-corrected chi connectivity index (χ4v) is 1.51. The maximum absolute atomic E-state index is 4.58. The van der Waals surface area contributed by atoms with E-state index in [9.17, 15) is 0 Å². The maximum atomic E-state index is 4.58. The molecule has 1 unspecified atom stereocenters. The minimum Gasteiger partial charge on any atom is -1.00 e. The first kappa shape index (κ1) is 27.7. The fourth-order valence-electron chi connectivity index (χ4n) is 1.51. The fraction of sp³-hybridized carbons (Fsp3) is 1.00. The van der Waals surface area contributed by atoms with E-state index in [2.05, 4.69) is 34.8 Å². The summed E-state index contributed by atoms with van der Waals surface area (Å²) in [6, 6.07) is 0.447. The smallest absolute Gasteiger partial charge is 1.00 e. The molecule has 0 bridgehead atoms. The van der Waals surface area contributed by atoms with E-state index >= 15 is 0 Å². The van der Waals surface area contributed by atoms with Gasteiger partial charge in [0, 0.05) is 26.2 Å². The van der Waals surface area contributed by atoms with Crippen LogP contribution in [0.2, 0.25) is 0 Å². The van der Waals surface area contributed by atoms with Crippen LogP contribution in [0.4, 0.5) is 0 Å². The maximum Gasteiger partial charge on any atom is 4.00 e. The van der Waals surface area contributed by atoms with Gasteiger partial charge in [0.05, 0.1) is 0 Å². The van der Waals surface area contributed by atoms with E-state index in [1.807, 2.05) is 0 Å². The van der Waals surface area contributed by atoms with Gasteiger partial charge in [-0.2, -0.15) is 0 Å². The molecule has 1 rings (SSSR count). The van der Waals surface area contributed by atoms with Crippen LogP contribution in [-0.4, -0.2) is 63.8 Å². The van der Waals surface area contributed by atoms with Gasteiger partial charge in [-0.05, 0) is 20.1 Å². The molecule has 1 saturated heterocycles. The van der Waals surface area contributed by atoms with E-state index in [1.165, 1.54) is 0 Å². The Morgan fingerprint density at radius 1 is 1.00 bits per heavy atom. The van der Waals surface area contributed by atoms with E-state index in [-0.39, 0.29) is 58.9 Å². The third-order valence-electron chi connectivity index (χ3n) is 2.51. The Labute approximate surface area is 145 Å². The molecule has 0 aromatic heterocycles. The number of rotatable bonds is 0. The molecule has 2 N–H and O–H groups in total. The van der Waals surface area contributed by atoms with Gasteiger partial charge in [-0.1, -0.05) is 6.92 Å². The van der Waals surface area contributed by atoms with Crippen molar-refractivity contribution >= 4 is 0 Å². The van der Waals surface area contributed by atoms with Crippen LogP contribution >= 0.6 is 0 Å². The van der Waals surface area contributed by atoms with Gasteiger partial charge in [0.15, 0.2) is 0 Å². The Balaban J connectivity index is -0.000000245. The number of hydrogen-bond acceptors (Lipinski definition) is 3. The Hall–Kier alpha value is 1.42. The SMILES string of the molecule is CC1CNCCNCCN(C)CC[N-]1.[Cl-].[Cl-].[Cl-].[Ti+4]. The van der Waals surface area contributed by atoms with Gasteiger partial charge in [-0.25, -0.2) is 0 Å². The molecule has 0 radical (unpaired) electrons. The third-order valence-corrected chi connectivity index (χ3v) is 2.51. The van der Waals surface area contributed by atoms with Crippen molar-refractivity contribution in [3.63, 3.8) is 0 Å². The van der Waals surface area contributed by atoms with Crippen molar-refractivity contribution < 1.29 is 58.9 Å². The molecular weight excluding hydrogens is 330 g/mol. The summed E-state index contributed by atoms with van der Waals surface area (Å²) in [6.45, 7) is 9.50. The standard InChI is InChI=1S/C10H23N4.3ClH.Ti/c1-10-9-12-4-3-11-5-7-14(2)8-6-13-10;;;;/h10-12H,3-9H2,1-2H3;3*1H;/q-1;;;;+4/p-3. The van der Waals surface area contributed by atoms with Crippen LogP contribution in [-0.2, 0) is 21.7 Å². The summed E-state index contributed by atoms with van der Waals surface area (Å²) in [6.07, 6.45) is 0. The molecule has 0 amide bonds. The van der Waals surface area contributed by atoms with Gasteiger partial charge < -0.3 is 58.1 Å². The van der Waals surface area contributed by atoms with Crippen molar-refractivity contribution in [1.29, 1.82) is 0 Å². The molecule has 108 valence electrons. The number of nitrogens with zero attached hydrogens (tertiary/aromatic N) is 2. The number of likely N-dealkylation sites (N-methyl/N-ethyl adjacent to an activating group) is 1. The minimum absolute atomic E-state index is 0. The molecule has 1 heterocycles. The Bertz CT molecular complexity index is 143. The quantitative estimate of drug-likeness (QED) is 0.425. The van der Waals surface area contributed by atoms with Gasteiger partial charge in [-0.3, -0.25) is 0 Å². The van der Waals surface area contributed by atoms with Gasteiger partial charge in [-0.15, -0.1) is 12.6 Å². The molecular formula is C10H23Cl3N4Ti. The summed E-state index contributed by atoms with van der Waals surface area (Å²) in [4.78, 5) is 2.33. The minimum atomic E-state index is 0. The second kappa shape index (κ2) is 18.4. The largest absolute Gasteiger partial charge is 4.00 e. The molecule has 0 aromatic rings. The Morgan fingerprint density at radius 3 is 2.28 bits per heavy atom. The van der Waals surface area contributed by atoms with Crippen LogP contribution in [0.15, 0.2) is 0 Å². The zero-order chi connectivity index (χ0) is 10.2. The van der Waals surface area contributed by atoms with Crippen LogP contribution in [0, 0.1) is 0 Å². The topological polar surface area (TPSA) is 41.4 Å². The molecule has 1 atom stereocenters. The first-order chi connectivity index (χ1) is 6.79. The zero-order valence-corrected chi connectivity index (χ0v) is 14.9. The first-order valence-corrected chi connectivity index (χ1v) is 5.55. The van der Waals surface area contributed by atoms with Crippen LogP contribution in [0.25, 0.3) is 5.32 Å². The number of hydrogen-bond donors (Lipinski definition) is 2. The molecule has 0 spiro atoms. The molecule has 18 heavy (non-hydrogen) atoms. The third kappa shape index (κ3) is 15.5. The van der Waals surface area contributed by atoms with Crippen molar-refractivity contribution in [2.45, 2.75) is 13.0 Å². The second-order valence-corrected chi connectivity index (χ2v) is 4.01. The van der Waals surface area contributed by atoms with E-state index in [0.717, 1.165) is 45.8 Å². The van der Waals surface area contributed by atoms with E-state index < -0.39 is 0 Å². The monoisotopic (exact) mass is 352 g/mol. The van der Waals surface area contributed by atoms with Crippen molar-refractivity contribution in [3.8, 4) is 0 Å². The Morgan fingerprint density at radius 2 is 1.61 bits per heavy atom. The van der Waals surface area contributed by atoms with Crippen LogP contribution < -0.4 is 47.9 Å². The Kier molecular flexibility index (Phi) is 28.4. The summed E-state index contributed by atoms with van der Waals surface area (Å²) in [5.74, 6) is 0. The molecule has 0 saturated carbocycles. The van der Waals surface area contributed by atoms with Crippen LogP contribution in [0.1, 0.15) is 6.92 Å². The van der Waals surface area contributed by atoms with Gasteiger partial charge in [0.25, 0.3) is 0 Å². The summed E-state index contributed by atoms with van der Waals surface area (Å²) >= 11 is 0. The predicted molar refractivity (Wildman–Crippen MR) is 60.9 cm³/mol. The molecule has 1 fully saturated rings. The average molecular weight is 354 g/mol. The van der Waals surface area contributed by atoms with Crippen molar-refractivity contribution in [3.05, 3.63) is 5.32 Å². The first-order valence-electron chi connectivity index (χ1n) is 5.55. The molecule has 1 aliphatic heterocycles. The van der Waals surface area contributed by atoms with Crippen molar-refractivity contribution in [2.24, 2.45) is 0 Å². The molecule has 4 nitrogen and oxygen atoms in total. The van der Waals surface area contributed by atoms with E-state index in [4.69, 9.17) is 0 Å². The summed E-state index contributed by atoms with van der Waals surface area (Å²) in [5.41, 5.74) is 0. The molecule has 0 aliphatic carbocycles. The molecule has 0 aromatic carbocycles. The van der Waals surface area contributed by atoms with Gasteiger partial charge in [0.1, 0.15) is 0 Å². The normalized spacial score (nSPS) is 22.7. The average Bonchev–Trinajstić information content (AvgIpc) is 2.14. The van der Waals surface area contributed by atoms with E-state index in [0.29, 0.717) is 6.04 Å².